The van der Waals surface area contributed by atoms with Crippen LogP contribution in [-0.2, 0) is 32.7 Å². The number of methoxy groups -OCH3 is 1. The van der Waals surface area contributed by atoms with Gasteiger partial charge in [-0.1, -0.05) is 75.4 Å². The lowest BCUT2D eigenvalue weighted by Crippen LogP contribution is -2.48. The van der Waals surface area contributed by atoms with Crippen molar-refractivity contribution in [2.45, 2.75) is 51.6 Å². The van der Waals surface area contributed by atoms with Crippen molar-refractivity contribution in [3.8, 4) is 0 Å². The summed E-state index contributed by atoms with van der Waals surface area (Å²) >= 11 is 0. The zero-order chi connectivity index (χ0) is 26.4. The first-order chi connectivity index (χ1) is 17.8. The molecule has 4 rings (SSSR count). The molecule has 0 fully saturated rings. The van der Waals surface area contributed by atoms with Crippen molar-refractivity contribution >= 4 is 11.8 Å². The molecule has 2 aromatic carbocycles. The number of hydrogen-bond acceptors (Lipinski definition) is 3. The number of aryl methyl sites for hydroxylation is 1. The Kier molecular flexibility index (Phi) is 8.49. The van der Waals surface area contributed by atoms with Crippen LogP contribution in [-0.4, -0.2) is 59.5 Å². The third-order valence-corrected chi connectivity index (χ3v) is 7.17. The molecule has 2 amide bonds. The molecule has 0 unspecified atom stereocenters. The molecule has 0 spiro atoms. The van der Waals surface area contributed by atoms with Gasteiger partial charge >= 0.3 is 0 Å². The van der Waals surface area contributed by atoms with Gasteiger partial charge in [-0.3, -0.25) is 9.59 Å². The highest BCUT2D eigenvalue weighted by Gasteiger charge is 2.33. The lowest BCUT2D eigenvalue weighted by atomic mass is 9.86. The summed E-state index contributed by atoms with van der Waals surface area (Å²) in [5.74, 6) is -0.0674. The second kappa shape index (κ2) is 11.8. The number of carbonyl (C=O) groups is 2. The smallest absolute Gasteiger partial charge is 0.243 e. The standard InChI is InChI=1S/C31H39N3O3/c1-31(2,3)26-15-13-25(14-16-26)30-27-11-8-18-32(27)19-20-34(30)29(36)23-33(21-22-37-4)28(35)17-12-24-9-6-5-7-10-24/h5-11,13-16,18,30H,12,17,19-23H2,1-4H3/t30-/m1/s1. The molecule has 196 valence electrons. The zero-order valence-electron chi connectivity index (χ0n) is 22.5. The molecule has 1 aliphatic heterocycles. The van der Waals surface area contributed by atoms with E-state index in [1.807, 2.05) is 41.3 Å². The fraction of sp³-hybridized carbons (Fsp3) is 0.419. The normalized spacial score (nSPS) is 15.4. The van der Waals surface area contributed by atoms with Crippen molar-refractivity contribution in [2.75, 3.05) is 33.4 Å². The first kappa shape index (κ1) is 26.7. The zero-order valence-corrected chi connectivity index (χ0v) is 22.5. The van der Waals surface area contributed by atoms with Crippen LogP contribution in [0.3, 0.4) is 0 Å². The lowest BCUT2D eigenvalue weighted by Gasteiger charge is -2.38. The fourth-order valence-corrected chi connectivity index (χ4v) is 4.97. The Labute approximate surface area is 220 Å². The number of nitrogens with zero attached hydrogens (tertiary/aromatic N) is 3. The van der Waals surface area contributed by atoms with Crippen LogP contribution in [0, 0.1) is 0 Å². The molecule has 37 heavy (non-hydrogen) atoms. The van der Waals surface area contributed by atoms with Crippen LogP contribution < -0.4 is 0 Å². The first-order valence-electron chi connectivity index (χ1n) is 13.1. The Morgan fingerprint density at radius 1 is 0.973 bits per heavy atom. The predicted molar refractivity (Wildman–Crippen MR) is 146 cm³/mol. The number of ether oxygens (including phenoxy) is 1. The van der Waals surface area contributed by atoms with Gasteiger partial charge in [-0.25, -0.2) is 0 Å². The molecule has 0 N–H and O–H groups in total. The number of carbonyl (C=O) groups excluding carboxylic acids is 2. The summed E-state index contributed by atoms with van der Waals surface area (Å²) in [7, 11) is 1.62. The number of benzene rings is 2. The average molecular weight is 502 g/mol. The summed E-state index contributed by atoms with van der Waals surface area (Å²) in [5.41, 5.74) is 4.62. The molecule has 0 saturated carbocycles. The number of aromatic nitrogens is 1. The molecule has 6 heteroatoms. The lowest BCUT2D eigenvalue weighted by molar-refractivity contribution is -0.142. The van der Waals surface area contributed by atoms with Gasteiger partial charge in [-0.2, -0.15) is 0 Å². The monoisotopic (exact) mass is 501 g/mol. The summed E-state index contributed by atoms with van der Waals surface area (Å²) < 4.78 is 7.48. The van der Waals surface area contributed by atoms with Gasteiger partial charge in [-0.15, -0.1) is 0 Å². The van der Waals surface area contributed by atoms with E-state index in [-0.39, 0.29) is 29.8 Å². The number of amides is 2. The van der Waals surface area contributed by atoms with Crippen molar-refractivity contribution in [3.63, 3.8) is 0 Å². The Hall–Kier alpha value is -3.38. The minimum Gasteiger partial charge on any atom is -0.383 e. The van der Waals surface area contributed by atoms with Crippen molar-refractivity contribution in [1.82, 2.24) is 14.4 Å². The topological polar surface area (TPSA) is 54.8 Å². The van der Waals surface area contributed by atoms with Crippen LogP contribution in [0.2, 0.25) is 0 Å². The summed E-state index contributed by atoms with van der Waals surface area (Å²) in [6, 6.07) is 22.5. The Morgan fingerprint density at radius 2 is 1.70 bits per heavy atom. The summed E-state index contributed by atoms with van der Waals surface area (Å²) in [6.07, 6.45) is 3.09. The van der Waals surface area contributed by atoms with Gasteiger partial charge in [0, 0.05) is 45.1 Å². The molecule has 0 saturated heterocycles. The van der Waals surface area contributed by atoms with Crippen molar-refractivity contribution < 1.29 is 14.3 Å². The SMILES string of the molecule is COCCN(CC(=O)N1CCn2cccc2[C@H]1c1ccc(C(C)(C)C)cc1)C(=O)CCc1ccccc1. The Morgan fingerprint density at radius 3 is 2.38 bits per heavy atom. The van der Waals surface area contributed by atoms with E-state index in [0.717, 1.165) is 23.4 Å². The van der Waals surface area contributed by atoms with E-state index in [1.54, 1.807) is 12.0 Å². The number of hydrogen-bond donors (Lipinski definition) is 0. The van der Waals surface area contributed by atoms with Crippen LogP contribution in [0.25, 0.3) is 0 Å². The molecule has 1 aliphatic rings. The van der Waals surface area contributed by atoms with Crippen molar-refractivity contribution in [3.05, 3.63) is 95.3 Å². The van der Waals surface area contributed by atoms with Crippen LogP contribution in [0.4, 0.5) is 0 Å². The first-order valence-corrected chi connectivity index (χ1v) is 13.1. The van der Waals surface area contributed by atoms with Crippen LogP contribution in [0.1, 0.15) is 55.6 Å². The molecule has 6 nitrogen and oxygen atoms in total. The van der Waals surface area contributed by atoms with Crippen molar-refractivity contribution in [1.29, 1.82) is 0 Å². The highest BCUT2D eigenvalue weighted by Crippen LogP contribution is 2.34. The molecular formula is C31H39N3O3. The average Bonchev–Trinajstić information content (AvgIpc) is 3.38. The van der Waals surface area contributed by atoms with Gasteiger partial charge in [0.1, 0.15) is 0 Å². The van der Waals surface area contributed by atoms with E-state index in [2.05, 4.69) is 61.9 Å². The van der Waals surface area contributed by atoms with Gasteiger partial charge < -0.3 is 19.1 Å². The molecule has 0 radical (unpaired) electrons. The summed E-state index contributed by atoms with van der Waals surface area (Å²) in [4.78, 5) is 30.5. The second-order valence-electron chi connectivity index (χ2n) is 10.8. The molecule has 2 heterocycles. The van der Waals surface area contributed by atoms with Gasteiger partial charge in [0.05, 0.1) is 19.2 Å². The van der Waals surface area contributed by atoms with Gasteiger partial charge in [0.25, 0.3) is 0 Å². The van der Waals surface area contributed by atoms with E-state index >= 15 is 0 Å². The highest BCUT2D eigenvalue weighted by molar-refractivity contribution is 5.85. The summed E-state index contributed by atoms with van der Waals surface area (Å²) in [5, 5.41) is 0. The van der Waals surface area contributed by atoms with Gasteiger partial charge in [0.15, 0.2) is 0 Å². The predicted octanol–water partition coefficient (Wildman–Crippen LogP) is 4.83. The fourth-order valence-electron chi connectivity index (χ4n) is 4.97. The number of rotatable bonds is 9. The van der Waals surface area contributed by atoms with Gasteiger partial charge in [0.2, 0.25) is 11.8 Å². The third-order valence-electron chi connectivity index (χ3n) is 7.17. The van der Waals surface area contributed by atoms with Crippen LogP contribution in [0.5, 0.6) is 0 Å². The molecule has 0 bridgehead atoms. The molecule has 0 aliphatic carbocycles. The Balaban J connectivity index is 1.53. The van der Waals surface area contributed by atoms with Crippen LogP contribution in [0.15, 0.2) is 72.9 Å². The quantitative estimate of drug-likeness (QED) is 0.422. The van der Waals surface area contributed by atoms with Gasteiger partial charge in [-0.05, 0) is 40.7 Å². The Bertz CT molecular complexity index is 1180. The van der Waals surface area contributed by atoms with E-state index < -0.39 is 0 Å². The second-order valence-corrected chi connectivity index (χ2v) is 10.8. The van der Waals surface area contributed by atoms with E-state index in [9.17, 15) is 9.59 Å². The minimum atomic E-state index is -0.186. The maximum atomic E-state index is 13.8. The number of fused-ring (bicyclic) bond motifs is 1. The molecule has 1 atom stereocenters. The van der Waals surface area contributed by atoms with Crippen molar-refractivity contribution in [2.24, 2.45) is 0 Å². The van der Waals surface area contributed by atoms with E-state index in [0.29, 0.717) is 32.5 Å². The molecular weight excluding hydrogens is 462 g/mol. The largest absolute Gasteiger partial charge is 0.383 e. The molecule has 3 aromatic rings. The maximum Gasteiger partial charge on any atom is 0.243 e. The third kappa shape index (κ3) is 6.50. The van der Waals surface area contributed by atoms with E-state index in [1.165, 1.54) is 5.56 Å². The maximum absolute atomic E-state index is 13.8. The summed E-state index contributed by atoms with van der Waals surface area (Å²) in [6.45, 7) is 8.78. The van der Waals surface area contributed by atoms with Crippen LogP contribution >= 0.6 is 0 Å². The highest BCUT2D eigenvalue weighted by atomic mass is 16.5. The minimum absolute atomic E-state index is 0.0271. The van der Waals surface area contributed by atoms with E-state index in [4.69, 9.17) is 4.74 Å². The molecule has 1 aromatic heterocycles.